The lowest BCUT2D eigenvalue weighted by atomic mass is 9.96. The van der Waals surface area contributed by atoms with Gasteiger partial charge in [-0.25, -0.2) is 4.98 Å². The zero-order chi connectivity index (χ0) is 17.6. The number of aryl methyl sites for hydroxylation is 1. The van der Waals surface area contributed by atoms with Crippen molar-refractivity contribution in [3.05, 3.63) is 35.9 Å². The Balaban J connectivity index is 1.53. The molecule has 0 spiro atoms. The van der Waals surface area contributed by atoms with Crippen LogP contribution in [0.25, 0.3) is 0 Å². The number of amides is 1. The Labute approximate surface area is 147 Å². The van der Waals surface area contributed by atoms with Crippen LogP contribution >= 0.6 is 0 Å². The van der Waals surface area contributed by atoms with Crippen molar-refractivity contribution < 1.29 is 13.9 Å². The van der Waals surface area contributed by atoms with Crippen LogP contribution in [-0.4, -0.2) is 35.6 Å². The third kappa shape index (κ3) is 4.49. The molecule has 2 aromatic rings. The molecule has 0 atom stereocenters. The van der Waals surface area contributed by atoms with Crippen molar-refractivity contribution in [2.45, 2.75) is 33.2 Å². The van der Waals surface area contributed by atoms with E-state index in [0.717, 1.165) is 37.4 Å². The molecule has 3 heterocycles. The van der Waals surface area contributed by atoms with E-state index in [1.807, 2.05) is 32.0 Å². The minimum atomic E-state index is 0.0161. The predicted octanol–water partition coefficient (Wildman–Crippen LogP) is 2.31. The number of anilines is 1. The second kappa shape index (κ2) is 8.00. The van der Waals surface area contributed by atoms with Gasteiger partial charge in [0.25, 0.3) is 0 Å². The van der Waals surface area contributed by atoms with Crippen molar-refractivity contribution in [2.24, 2.45) is 5.92 Å². The van der Waals surface area contributed by atoms with E-state index in [2.05, 4.69) is 20.2 Å². The molecule has 1 amide bonds. The minimum absolute atomic E-state index is 0.0161. The van der Waals surface area contributed by atoms with E-state index < -0.39 is 0 Å². The van der Waals surface area contributed by atoms with Crippen LogP contribution < -0.4 is 15.0 Å². The number of piperidine rings is 1. The number of carbonyl (C=O) groups is 1. The van der Waals surface area contributed by atoms with Gasteiger partial charge < -0.3 is 19.4 Å². The quantitative estimate of drug-likeness (QED) is 0.866. The molecule has 0 bridgehead atoms. The van der Waals surface area contributed by atoms with Crippen molar-refractivity contribution in [2.75, 3.05) is 24.6 Å². The highest BCUT2D eigenvalue weighted by atomic mass is 16.5. The summed E-state index contributed by atoms with van der Waals surface area (Å²) in [4.78, 5) is 23.4. The van der Waals surface area contributed by atoms with E-state index in [1.165, 1.54) is 0 Å². The largest absolute Gasteiger partial charge is 0.478 e. The molecule has 1 N–H and O–H groups in total. The smallest absolute Gasteiger partial charge is 0.228 e. The lowest BCUT2D eigenvalue weighted by molar-refractivity contribution is -0.125. The lowest BCUT2D eigenvalue weighted by Crippen LogP contribution is -2.41. The van der Waals surface area contributed by atoms with Crippen molar-refractivity contribution in [1.29, 1.82) is 0 Å². The normalized spacial score (nSPS) is 15.2. The van der Waals surface area contributed by atoms with E-state index in [-0.39, 0.29) is 11.8 Å². The van der Waals surface area contributed by atoms with Crippen molar-refractivity contribution in [1.82, 2.24) is 15.3 Å². The Morgan fingerprint density at radius 3 is 2.88 bits per heavy atom. The molecule has 3 rings (SSSR count). The molecule has 25 heavy (non-hydrogen) atoms. The van der Waals surface area contributed by atoms with E-state index in [1.54, 1.807) is 6.26 Å². The maximum absolute atomic E-state index is 12.3. The molecule has 0 saturated carbocycles. The number of ether oxygens (including phenoxy) is 1. The summed E-state index contributed by atoms with van der Waals surface area (Å²) in [5, 5.41) is 2.94. The fourth-order valence-electron chi connectivity index (χ4n) is 2.96. The van der Waals surface area contributed by atoms with Crippen molar-refractivity contribution in [3.63, 3.8) is 0 Å². The number of rotatable bonds is 6. The number of aromatic nitrogens is 2. The second-order valence-electron chi connectivity index (χ2n) is 6.14. The average Bonchev–Trinajstić information content (AvgIpc) is 3.13. The fourth-order valence-corrected chi connectivity index (χ4v) is 2.96. The first-order valence-corrected chi connectivity index (χ1v) is 8.69. The second-order valence-corrected chi connectivity index (χ2v) is 6.14. The number of furan rings is 1. The summed E-state index contributed by atoms with van der Waals surface area (Å²) in [6.07, 6.45) is 3.18. The van der Waals surface area contributed by atoms with Gasteiger partial charge in [-0.15, -0.1) is 0 Å². The van der Waals surface area contributed by atoms with Gasteiger partial charge in [0.05, 0.1) is 19.4 Å². The average molecular weight is 344 g/mol. The van der Waals surface area contributed by atoms with Gasteiger partial charge in [-0.1, -0.05) is 0 Å². The molecule has 7 heteroatoms. The van der Waals surface area contributed by atoms with E-state index in [4.69, 9.17) is 9.15 Å². The molecule has 2 aromatic heterocycles. The van der Waals surface area contributed by atoms with Crippen LogP contribution in [0.5, 0.6) is 5.88 Å². The molecule has 134 valence electrons. The molecule has 7 nitrogen and oxygen atoms in total. The molecular weight excluding hydrogens is 320 g/mol. The number of nitrogens with zero attached hydrogens (tertiary/aromatic N) is 3. The molecule has 1 aliphatic heterocycles. The maximum atomic E-state index is 12.3. The Hall–Kier alpha value is -2.57. The monoisotopic (exact) mass is 344 g/mol. The van der Waals surface area contributed by atoms with Crippen molar-refractivity contribution >= 4 is 11.9 Å². The van der Waals surface area contributed by atoms with Gasteiger partial charge in [0, 0.05) is 30.8 Å². The third-order valence-corrected chi connectivity index (χ3v) is 4.28. The number of hydrogen-bond acceptors (Lipinski definition) is 6. The summed E-state index contributed by atoms with van der Waals surface area (Å²) in [5.74, 6) is 2.14. The zero-order valence-electron chi connectivity index (χ0n) is 14.7. The van der Waals surface area contributed by atoms with Crippen LogP contribution in [0.3, 0.4) is 0 Å². The fraction of sp³-hybridized carbons (Fsp3) is 0.500. The van der Waals surface area contributed by atoms with Crippen LogP contribution in [0.1, 0.15) is 31.2 Å². The van der Waals surface area contributed by atoms with Crippen LogP contribution in [-0.2, 0) is 11.3 Å². The van der Waals surface area contributed by atoms with E-state index in [9.17, 15) is 4.79 Å². The summed E-state index contributed by atoms with van der Waals surface area (Å²) in [7, 11) is 0. The standard InChI is InChI=1S/C18H24N4O3/c1-3-24-16-11-13(2)20-18(21-16)22-8-6-14(7-9-22)17(23)19-12-15-5-4-10-25-15/h4-5,10-11,14H,3,6-9,12H2,1-2H3,(H,19,23). The van der Waals surface area contributed by atoms with Crippen LogP contribution in [0.4, 0.5) is 5.95 Å². The number of hydrogen-bond donors (Lipinski definition) is 1. The molecule has 1 saturated heterocycles. The van der Waals surface area contributed by atoms with Gasteiger partial charge in [0.15, 0.2) is 0 Å². The van der Waals surface area contributed by atoms with Gasteiger partial charge in [-0.2, -0.15) is 4.98 Å². The molecule has 0 unspecified atom stereocenters. The van der Waals surface area contributed by atoms with Gasteiger partial charge in [-0.05, 0) is 38.8 Å². The summed E-state index contributed by atoms with van der Waals surface area (Å²) in [6, 6.07) is 5.51. The highest BCUT2D eigenvalue weighted by molar-refractivity contribution is 5.78. The lowest BCUT2D eigenvalue weighted by Gasteiger charge is -2.31. The highest BCUT2D eigenvalue weighted by Gasteiger charge is 2.26. The Kier molecular flexibility index (Phi) is 5.53. The van der Waals surface area contributed by atoms with Gasteiger partial charge in [0.1, 0.15) is 5.76 Å². The molecule has 0 radical (unpaired) electrons. The number of carbonyl (C=O) groups excluding carboxylic acids is 1. The van der Waals surface area contributed by atoms with E-state index in [0.29, 0.717) is 25.0 Å². The third-order valence-electron chi connectivity index (χ3n) is 4.28. The summed E-state index contributed by atoms with van der Waals surface area (Å²) >= 11 is 0. The van der Waals surface area contributed by atoms with Crippen LogP contribution in [0.2, 0.25) is 0 Å². The Morgan fingerprint density at radius 1 is 1.40 bits per heavy atom. The van der Waals surface area contributed by atoms with Gasteiger partial charge in [0.2, 0.25) is 17.7 Å². The molecule has 1 aliphatic rings. The summed E-state index contributed by atoms with van der Waals surface area (Å²) < 4.78 is 10.7. The van der Waals surface area contributed by atoms with Gasteiger partial charge in [-0.3, -0.25) is 4.79 Å². The van der Waals surface area contributed by atoms with Gasteiger partial charge >= 0.3 is 0 Å². The van der Waals surface area contributed by atoms with E-state index >= 15 is 0 Å². The Bertz CT molecular complexity index is 694. The van der Waals surface area contributed by atoms with Crippen LogP contribution in [0.15, 0.2) is 28.9 Å². The zero-order valence-corrected chi connectivity index (χ0v) is 14.7. The first-order valence-electron chi connectivity index (χ1n) is 8.69. The maximum Gasteiger partial charge on any atom is 0.228 e. The minimum Gasteiger partial charge on any atom is -0.478 e. The highest BCUT2D eigenvalue weighted by Crippen LogP contribution is 2.23. The molecule has 1 fully saturated rings. The van der Waals surface area contributed by atoms with Crippen LogP contribution in [0, 0.1) is 12.8 Å². The Morgan fingerprint density at radius 2 is 2.20 bits per heavy atom. The molecular formula is C18H24N4O3. The van der Waals surface area contributed by atoms with Crippen molar-refractivity contribution in [3.8, 4) is 5.88 Å². The molecule has 0 aromatic carbocycles. The predicted molar refractivity (Wildman–Crippen MR) is 93.4 cm³/mol. The number of nitrogens with one attached hydrogen (secondary N) is 1. The first-order chi connectivity index (χ1) is 12.2. The SMILES string of the molecule is CCOc1cc(C)nc(N2CCC(C(=O)NCc3ccco3)CC2)n1. The molecule has 0 aliphatic carbocycles. The summed E-state index contributed by atoms with van der Waals surface area (Å²) in [6.45, 7) is 6.40. The topological polar surface area (TPSA) is 80.5 Å². The first kappa shape index (κ1) is 17.3. The summed E-state index contributed by atoms with van der Waals surface area (Å²) in [5.41, 5.74) is 0.881.